The number of amides is 1. The van der Waals surface area contributed by atoms with Crippen molar-refractivity contribution in [2.75, 3.05) is 18.0 Å². The van der Waals surface area contributed by atoms with Gasteiger partial charge in [-0.05, 0) is 44.7 Å². The normalized spacial score (nSPS) is 20.1. The number of carbonyl (C=O) groups is 1. The highest BCUT2D eigenvalue weighted by molar-refractivity contribution is 5.92. The van der Waals surface area contributed by atoms with Crippen molar-refractivity contribution >= 4 is 11.7 Å². The standard InChI is InChI=1S/C20H25N7O/c1-14-8-9-15(11-21)19(22-14)26-10-4-7-17(12-26)27-13-18(24-25-27)20(28)23-16-5-2-3-6-16/h8-9,13,16-17H,2-7,10,12H2,1H3,(H,23,28)/t17-/m1/s1. The summed E-state index contributed by atoms with van der Waals surface area (Å²) >= 11 is 0. The molecule has 28 heavy (non-hydrogen) atoms. The lowest BCUT2D eigenvalue weighted by Crippen LogP contribution is -2.38. The molecule has 0 unspecified atom stereocenters. The Morgan fingerprint density at radius 1 is 1.25 bits per heavy atom. The van der Waals surface area contributed by atoms with Crippen molar-refractivity contribution in [3.63, 3.8) is 0 Å². The highest BCUT2D eigenvalue weighted by Crippen LogP contribution is 2.27. The molecular formula is C20H25N7O. The van der Waals surface area contributed by atoms with Crippen molar-refractivity contribution in [3.8, 4) is 6.07 Å². The zero-order valence-electron chi connectivity index (χ0n) is 16.1. The van der Waals surface area contributed by atoms with E-state index < -0.39 is 0 Å². The van der Waals surface area contributed by atoms with Crippen molar-refractivity contribution in [1.82, 2.24) is 25.3 Å². The molecule has 2 aromatic rings. The SMILES string of the molecule is Cc1ccc(C#N)c(N2CCC[C@@H](n3cc(C(=O)NC4CCCC4)nn3)C2)n1. The molecule has 146 valence electrons. The Labute approximate surface area is 164 Å². The Kier molecular flexibility index (Phi) is 5.24. The summed E-state index contributed by atoms with van der Waals surface area (Å²) in [6.45, 7) is 3.47. The molecule has 1 aliphatic carbocycles. The molecule has 1 aliphatic heterocycles. The maximum Gasteiger partial charge on any atom is 0.273 e. The third-order valence-electron chi connectivity index (χ3n) is 5.64. The number of nitrogens with one attached hydrogen (secondary N) is 1. The number of anilines is 1. The van der Waals surface area contributed by atoms with Gasteiger partial charge in [0.2, 0.25) is 0 Å². The lowest BCUT2D eigenvalue weighted by molar-refractivity contribution is 0.0932. The Hall–Kier alpha value is -2.95. The number of hydrogen-bond donors (Lipinski definition) is 1. The molecule has 3 heterocycles. The van der Waals surface area contributed by atoms with Gasteiger partial charge in [-0.2, -0.15) is 5.26 Å². The van der Waals surface area contributed by atoms with Gasteiger partial charge in [0, 0.05) is 24.8 Å². The lowest BCUT2D eigenvalue weighted by atomic mass is 10.1. The van der Waals surface area contributed by atoms with Crippen LogP contribution in [0.2, 0.25) is 0 Å². The second kappa shape index (κ2) is 7.97. The predicted octanol–water partition coefficient (Wildman–Crippen LogP) is 2.37. The van der Waals surface area contributed by atoms with E-state index >= 15 is 0 Å². The summed E-state index contributed by atoms with van der Waals surface area (Å²) in [7, 11) is 0. The molecule has 1 saturated heterocycles. The smallest absolute Gasteiger partial charge is 0.273 e. The summed E-state index contributed by atoms with van der Waals surface area (Å²) in [5.41, 5.74) is 1.85. The fraction of sp³-hybridized carbons (Fsp3) is 0.550. The topological polar surface area (TPSA) is 99.7 Å². The first-order valence-corrected chi connectivity index (χ1v) is 9.99. The summed E-state index contributed by atoms with van der Waals surface area (Å²) in [5, 5.41) is 20.8. The van der Waals surface area contributed by atoms with Gasteiger partial charge in [0.1, 0.15) is 11.9 Å². The monoisotopic (exact) mass is 379 g/mol. The van der Waals surface area contributed by atoms with E-state index in [0.29, 0.717) is 17.8 Å². The fourth-order valence-corrected chi connectivity index (χ4v) is 4.12. The van der Waals surface area contributed by atoms with Gasteiger partial charge in [0.05, 0.1) is 17.8 Å². The van der Waals surface area contributed by atoms with E-state index in [1.807, 2.05) is 19.1 Å². The van der Waals surface area contributed by atoms with Crippen LogP contribution in [0.5, 0.6) is 0 Å². The Balaban J connectivity index is 1.47. The third kappa shape index (κ3) is 3.84. The van der Waals surface area contributed by atoms with E-state index in [2.05, 4.69) is 31.6 Å². The maximum atomic E-state index is 12.4. The van der Waals surface area contributed by atoms with Crippen LogP contribution in [0.15, 0.2) is 18.3 Å². The largest absolute Gasteiger partial charge is 0.353 e. The predicted molar refractivity (Wildman–Crippen MR) is 104 cm³/mol. The van der Waals surface area contributed by atoms with Gasteiger partial charge in [0.25, 0.3) is 5.91 Å². The number of aryl methyl sites for hydroxylation is 1. The molecule has 8 nitrogen and oxygen atoms in total. The molecule has 8 heteroatoms. The van der Waals surface area contributed by atoms with Crippen molar-refractivity contribution < 1.29 is 4.79 Å². The molecule has 1 atom stereocenters. The van der Waals surface area contributed by atoms with Gasteiger partial charge in [-0.3, -0.25) is 4.79 Å². The number of pyridine rings is 1. The molecule has 2 aliphatic rings. The van der Waals surface area contributed by atoms with Crippen molar-refractivity contribution in [2.45, 2.75) is 57.5 Å². The van der Waals surface area contributed by atoms with Gasteiger partial charge in [-0.25, -0.2) is 9.67 Å². The minimum Gasteiger partial charge on any atom is -0.353 e. The van der Waals surface area contributed by atoms with Gasteiger partial charge >= 0.3 is 0 Å². The lowest BCUT2D eigenvalue weighted by Gasteiger charge is -2.33. The molecule has 0 bridgehead atoms. The van der Waals surface area contributed by atoms with Crippen LogP contribution in [0.4, 0.5) is 5.82 Å². The van der Waals surface area contributed by atoms with Crippen LogP contribution in [0.3, 0.4) is 0 Å². The van der Waals surface area contributed by atoms with Crippen molar-refractivity contribution in [2.24, 2.45) is 0 Å². The van der Waals surface area contributed by atoms with E-state index in [0.717, 1.165) is 43.7 Å². The minimum absolute atomic E-state index is 0.100. The average Bonchev–Trinajstić information content (AvgIpc) is 3.40. The third-order valence-corrected chi connectivity index (χ3v) is 5.64. The average molecular weight is 379 g/mol. The summed E-state index contributed by atoms with van der Waals surface area (Å²) in [4.78, 5) is 19.1. The van der Waals surface area contributed by atoms with Crippen molar-refractivity contribution in [1.29, 1.82) is 5.26 Å². The maximum absolute atomic E-state index is 12.4. The Morgan fingerprint density at radius 3 is 2.86 bits per heavy atom. The number of carbonyl (C=O) groups excluding carboxylic acids is 1. The fourth-order valence-electron chi connectivity index (χ4n) is 4.12. The van der Waals surface area contributed by atoms with Gasteiger partial charge in [-0.15, -0.1) is 5.10 Å². The number of aromatic nitrogens is 4. The van der Waals surface area contributed by atoms with Crippen LogP contribution in [-0.4, -0.2) is 45.0 Å². The van der Waals surface area contributed by atoms with E-state index in [4.69, 9.17) is 0 Å². The van der Waals surface area contributed by atoms with Crippen LogP contribution in [0.25, 0.3) is 0 Å². The second-order valence-corrected chi connectivity index (χ2v) is 7.72. The summed E-state index contributed by atoms with van der Waals surface area (Å²) in [6, 6.07) is 6.28. The zero-order valence-corrected chi connectivity index (χ0v) is 16.1. The molecule has 0 spiro atoms. The van der Waals surface area contributed by atoms with E-state index in [1.54, 1.807) is 10.9 Å². The van der Waals surface area contributed by atoms with E-state index in [1.165, 1.54) is 12.8 Å². The van der Waals surface area contributed by atoms with Crippen LogP contribution in [0, 0.1) is 18.3 Å². The van der Waals surface area contributed by atoms with Crippen LogP contribution < -0.4 is 10.2 Å². The molecule has 2 fully saturated rings. The molecule has 4 rings (SSSR count). The Bertz CT molecular complexity index is 894. The molecule has 1 amide bonds. The van der Waals surface area contributed by atoms with Crippen LogP contribution in [0.1, 0.15) is 66.3 Å². The molecule has 0 radical (unpaired) electrons. The number of hydrogen-bond acceptors (Lipinski definition) is 6. The second-order valence-electron chi connectivity index (χ2n) is 7.72. The summed E-state index contributed by atoms with van der Waals surface area (Å²) in [5.74, 6) is 0.587. The van der Waals surface area contributed by atoms with E-state index in [-0.39, 0.29) is 18.0 Å². The van der Waals surface area contributed by atoms with Crippen LogP contribution in [-0.2, 0) is 0 Å². The number of rotatable bonds is 4. The first-order valence-electron chi connectivity index (χ1n) is 9.99. The Morgan fingerprint density at radius 2 is 2.07 bits per heavy atom. The minimum atomic E-state index is -0.141. The quantitative estimate of drug-likeness (QED) is 0.875. The number of nitriles is 1. The molecule has 2 aromatic heterocycles. The molecule has 1 saturated carbocycles. The summed E-state index contributed by atoms with van der Waals surface area (Å²) < 4.78 is 1.79. The highest BCUT2D eigenvalue weighted by atomic mass is 16.2. The van der Waals surface area contributed by atoms with E-state index in [9.17, 15) is 10.1 Å². The first-order chi connectivity index (χ1) is 13.6. The van der Waals surface area contributed by atoms with Gasteiger partial charge in [-0.1, -0.05) is 18.1 Å². The molecule has 0 aromatic carbocycles. The zero-order chi connectivity index (χ0) is 19.5. The van der Waals surface area contributed by atoms with Crippen molar-refractivity contribution in [3.05, 3.63) is 35.3 Å². The van der Waals surface area contributed by atoms with Gasteiger partial charge < -0.3 is 10.2 Å². The molecule has 1 N–H and O–H groups in total. The van der Waals surface area contributed by atoms with Crippen LogP contribution >= 0.6 is 0 Å². The highest BCUT2D eigenvalue weighted by Gasteiger charge is 2.26. The number of nitrogens with zero attached hydrogens (tertiary/aromatic N) is 6. The van der Waals surface area contributed by atoms with Gasteiger partial charge in [0.15, 0.2) is 5.69 Å². The molecular weight excluding hydrogens is 354 g/mol. The summed E-state index contributed by atoms with van der Waals surface area (Å²) in [6.07, 6.45) is 8.10. The number of piperidine rings is 1. The first kappa shape index (κ1) is 18.4.